The number of halogens is 1. The van der Waals surface area contributed by atoms with Crippen LogP contribution >= 0.6 is 11.6 Å². The van der Waals surface area contributed by atoms with E-state index in [1.165, 1.54) is 11.1 Å². The summed E-state index contributed by atoms with van der Waals surface area (Å²) in [5, 5.41) is 4.22. The van der Waals surface area contributed by atoms with Crippen LogP contribution in [0.25, 0.3) is 0 Å². The van der Waals surface area contributed by atoms with Crippen LogP contribution in [0.2, 0.25) is 5.02 Å². The Kier molecular flexibility index (Phi) is 7.67. The summed E-state index contributed by atoms with van der Waals surface area (Å²) in [5.41, 5.74) is 3.45. The van der Waals surface area contributed by atoms with Gasteiger partial charge in [0.1, 0.15) is 11.5 Å². The molecule has 0 unspecified atom stereocenters. The van der Waals surface area contributed by atoms with Crippen molar-refractivity contribution in [1.29, 1.82) is 0 Å². The highest BCUT2D eigenvalue weighted by Gasteiger charge is 2.15. The smallest absolute Gasteiger partial charge is 0.274 e. The van der Waals surface area contributed by atoms with Crippen LogP contribution in [0, 0.1) is 13.8 Å². The quantitative estimate of drug-likeness (QED) is 0.522. The molecule has 0 bridgehead atoms. The van der Waals surface area contributed by atoms with Crippen LogP contribution < -0.4 is 14.9 Å². The van der Waals surface area contributed by atoms with Crippen molar-refractivity contribution in [3.63, 3.8) is 0 Å². The van der Waals surface area contributed by atoms with Gasteiger partial charge < -0.3 is 18.8 Å². The van der Waals surface area contributed by atoms with Gasteiger partial charge in [-0.05, 0) is 44.5 Å². The molecule has 2 aromatic rings. The van der Waals surface area contributed by atoms with Crippen molar-refractivity contribution in [2.75, 3.05) is 27.3 Å². The number of rotatable bonds is 8. The Morgan fingerprint density at radius 2 is 1.97 bits per heavy atom. The van der Waals surface area contributed by atoms with Crippen LogP contribution in [0.4, 0.5) is 0 Å². The van der Waals surface area contributed by atoms with Gasteiger partial charge in [-0.25, -0.2) is 5.43 Å². The van der Waals surface area contributed by atoms with Gasteiger partial charge in [0, 0.05) is 14.1 Å². The first kappa shape index (κ1) is 22.3. The van der Waals surface area contributed by atoms with Gasteiger partial charge in [-0.2, -0.15) is 5.10 Å². The lowest BCUT2D eigenvalue weighted by atomic mass is 10.2. The van der Waals surface area contributed by atoms with E-state index in [0.29, 0.717) is 35.0 Å². The minimum atomic E-state index is -0.381. The second-order valence-corrected chi connectivity index (χ2v) is 6.77. The third-order valence-corrected chi connectivity index (χ3v) is 4.12. The number of aryl methyl sites for hydroxylation is 2. The third-order valence-electron chi connectivity index (χ3n) is 3.84. The molecule has 9 heteroatoms. The number of benzene rings is 1. The largest absolute Gasteiger partial charge is 0.490 e. The average Bonchev–Trinajstić information content (AvgIpc) is 2.99. The fourth-order valence-electron chi connectivity index (χ4n) is 2.41. The summed E-state index contributed by atoms with van der Waals surface area (Å²) in [6, 6.07) is 4.90. The first-order valence-electron chi connectivity index (χ1n) is 8.92. The zero-order valence-electron chi connectivity index (χ0n) is 17.0. The molecule has 8 nitrogen and oxygen atoms in total. The van der Waals surface area contributed by atoms with Crippen LogP contribution in [0.3, 0.4) is 0 Å². The number of furan rings is 1. The molecule has 0 aliphatic rings. The van der Waals surface area contributed by atoms with Gasteiger partial charge in [-0.3, -0.25) is 9.59 Å². The van der Waals surface area contributed by atoms with Gasteiger partial charge >= 0.3 is 0 Å². The van der Waals surface area contributed by atoms with Crippen molar-refractivity contribution in [3.8, 4) is 11.5 Å². The molecular formula is C20H24ClN3O5. The van der Waals surface area contributed by atoms with E-state index in [1.807, 2.05) is 6.92 Å². The highest BCUT2D eigenvalue weighted by molar-refractivity contribution is 6.32. The van der Waals surface area contributed by atoms with Gasteiger partial charge in [0.15, 0.2) is 18.1 Å². The van der Waals surface area contributed by atoms with E-state index in [4.69, 9.17) is 25.5 Å². The Bertz CT molecular complexity index is 921. The fraction of sp³-hybridized carbons (Fsp3) is 0.350. The normalized spacial score (nSPS) is 10.8. The summed E-state index contributed by atoms with van der Waals surface area (Å²) in [5.74, 6) is 1.23. The minimum absolute atomic E-state index is 0.167. The van der Waals surface area contributed by atoms with Crippen LogP contribution in [-0.2, 0) is 4.79 Å². The summed E-state index contributed by atoms with van der Waals surface area (Å²) in [6.07, 6.45) is 1.43. The molecule has 0 atom stereocenters. The summed E-state index contributed by atoms with van der Waals surface area (Å²) >= 11 is 6.30. The number of hydrogen-bond donors (Lipinski definition) is 1. The molecule has 1 heterocycles. The lowest BCUT2D eigenvalue weighted by molar-refractivity contribution is -0.130. The SMILES string of the molecule is CCOc1cc(/C=N\NC(=O)c2cc(C)oc2C)cc(Cl)c1OCC(=O)N(C)C. The van der Waals surface area contributed by atoms with Crippen molar-refractivity contribution < 1.29 is 23.5 Å². The van der Waals surface area contributed by atoms with E-state index >= 15 is 0 Å². The van der Waals surface area contributed by atoms with Gasteiger partial charge in [-0.1, -0.05) is 11.6 Å². The van der Waals surface area contributed by atoms with E-state index in [2.05, 4.69) is 10.5 Å². The molecule has 2 amide bonds. The molecule has 0 spiro atoms. The molecule has 0 aliphatic carbocycles. The second-order valence-electron chi connectivity index (χ2n) is 6.37. The lowest BCUT2D eigenvalue weighted by Gasteiger charge is -2.16. The molecule has 29 heavy (non-hydrogen) atoms. The van der Waals surface area contributed by atoms with Crippen LogP contribution in [-0.4, -0.2) is 50.2 Å². The van der Waals surface area contributed by atoms with Gasteiger partial charge in [0.05, 0.1) is 23.4 Å². The highest BCUT2D eigenvalue weighted by Crippen LogP contribution is 2.36. The van der Waals surface area contributed by atoms with E-state index in [9.17, 15) is 9.59 Å². The Hall–Kier alpha value is -3.00. The number of hydrogen-bond acceptors (Lipinski definition) is 6. The van der Waals surface area contributed by atoms with Crippen molar-refractivity contribution in [2.45, 2.75) is 20.8 Å². The van der Waals surface area contributed by atoms with E-state index in [0.717, 1.165) is 0 Å². The number of nitrogens with one attached hydrogen (secondary N) is 1. The van der Waals surface area contributed by atoms with Crippen molar-refractivity contribution >= 4 is 29.6 Å². The van der Waals surface area contributed by atoms with Gasteiger partial charge in [0.25, 0.3) is 11.8 Å². The maximum absolute atomic E-state index is 12.2. The molecule has 2 rings (SSSR count). The number of carbonyl (C=O) groups excluding carboxylic acids is 2. The fourth-order valence-corrected chi connectivity index (χ4v) is 2.68. The zero-order chi connectivity index (χ0) is 21.6. The summed E-state index contributed by atoms with van der Waals surface area (Å²) in [6.45, 7) is 5.50. The number of likely N-dealkylation sites (N-methyl/N-ethyl adjacent to an activating group) is 1. The molecule has 156 valence electrons. The molecule has 0 aliphatic heterocycles. The highest BCUT2D eigenvalue weighted by atomic mass is 35.5. The predicted molar refractivity (Wildman–Crippen MR) is 110 cm³/mol. The number of hydrazone groups is 1. The summed E-state index contributed by atoms with van der Waals surface area (Å²) < 4.78 is 16.5. The Labute approximate surface area is 174 Å². The minimum Gasteiger partial charge on any atom is -0.490 e. The van der Waals surface area contributed by atoms with Crippen molar-refractivity contribution in [2.24, 2.45) is 5.10 Å². The molecule has 0 saturated heterocycles. The zero-order valence-corrected chi connectivity index (χ0v) is 17.8. The second kappa shape index (κ2) is 9.97. The topological polar surface area (TPSA) is 93.4 Å². The van der Waals surface area contributed by atoms with Crippen LogP contribution in [0.5, 0.6) is 11.5 Å². The number of amides is 2. The van der Waals surface area contributed by atoms with Crippen molar-refractivity contribution in [1.82, 2.24) is 10.3 Å². The third kappa shape index (κ3) is 5.99. The van der Waals surface area contributed by atoms with E-state index in [1.54, 1.807) is 46.1 Å². The Balaban J connectivity index is 2.14. The molecule has 1 aromatic heterocycles. The van der Waals surface area contributed by atoms with Gasteiger partial charge in [0.2, 0.25) is 0 Å². The van der Waals surface area contributed by atoms with Crippen LogP contribution in [0.15, 0.2) is 27.7 Å². The molecule has 0 fully saturated rings. The number of ether oxygens (including phenoxy) is 2. The van der Waals surface area contributed by atoms with Gasteiger partial charge in [-0.15, -0.1) is 0 Å². The molecule has 0 saturated carbocycles. The summed E-state index contributed by atoms with van der Waals surface area (Å²) in [4.78, 5) is 25.3. The monoisotopic (exact) mass is 421 g/mol. The molecular weight excluding hydrogens is 398 g/mol. The average molecular weight is 422 g/mol. The maximum Gasteiger partial charge on any atom is 0.274 e. The first-order valence-corrected chi connectivity index (χ1v) is 9.30. The Morgan fingerprint density at radius 1 is 1.24 bits per heavy atom. The molecule has 1 aromatic carbocycles. The Morgan fingerprint density at radius 3 is 2.55 bits per heavy atom. The van der Waals surface area contributed by atoms with Crippen molar-refractivity contribution in [3.05, 3.63) is 45.9 Å². The number of carbonyl (C=O) groups is 2. The standard InChI is InChI=1S/C20H24ClN3O5/c1-6-27-17-9-14(8-16(21)19(17)28-11-18(25)24(4)5)10-22-23-20(26)15-7-12(2)29-13(15)3/h7-10H,6,11H2,1-5H3,(H,23,26)/b22-10-. The van der Waals surface area contributed by atoms with Crippen LogP contribution in [0.1, 0.15) is 34.4 Å². The number of nitrogens with zero attached hydrogens (tertiary/aromatic N) is 2. The summed E-state index contributed by atoms with van der Waals surface area (Å²) in [7, 11) is 3.27. The van der Waals surface area contributed by atoms with E-state index in [-0.39, 0.29) is 29.2 Å². The molecule has 0 radical (unpaired) electrons. The maximum atomic E-state index is 12.2. The van der Waals surface area contributed by atoms with E-state index < -0.39 is 0 Å². The first-order chi connectivity index (χ1) is 13.7. The molecule has 1 N–H and O–H groups in total. The predicted octanol–water partition coefficient (Wildman–Crippen LogP) is 3.18. The lowest BCUT2D eigenvalue weighted by Crippen LogP contribution is -2.27.